The number of sulfonamides is 1. The highest BCUT2D eigenvalue weighted by Gasteiger charge is 2.30. The SMILES string of the molecule is Cc1c(C(=O)O)ccc2c1CC[C@@H]2NC(=O)c1cc(C(=O)NCc2cccc(S(=O)(=O)N[C@@H](C(=O)O)C(C)C)c2)nc2ccnn12. The van der Waals surface area contributed by atoms with Gasteiger partial charge in [-0.05, 0) is 66.1 Å². The van der Waals surface area contributed by atoms with Gasteiger partial charge in [-0.2, -0.15) is 9.82 Å². The van der Waals surface area contributed by atoms with Crippen LogP contribution in [0.2, 0.25) is 0 Å². The Hall–Kier alpha value is -5.15. The van der Waals surface area contributed by atoms with Gasteiger partial charge in [0.15, 0.2) is 5.65 Å². The Labute approximate surface area is 263 Å². The number of carboxylic acids is 2. The second-order valence-electron chi connectivity index (χ2n) is 11.3. The molecule has 2 aromatic heterocycles. The van der Waals surface area contributed by atoms with Crippen molar-refractivity contribution in [3.8, 4) is 0 Å². The van der Waals surface area contributed by atoms with Gasteiger partial charge in [0.2, 0.25) is 10.0 Å². The molecule has 2 amide bonds. The Morgan fingerprint density at radius 1 is 1.04 bits per heavy atom. The van der Waals surface area contributed by atoms with Crippen molar-refractivity contribution in [1.82, 2.24) is 30.0 Å². The number of carbonyl (C=O) groups excluding carboxylic acids is 2. The quantitative estimate of drug-likeness (QED) is 0.160. The average Bonchev–Trinajstić information content (AvgIpc) is 3.65. The molecule has 0 radical (unpaired) electrons. The summed E-state index contributed by atoms with van der Waals surface area (Å²) in [4.78, 5) is 53.9. The van der Waals surface area contributed by atoms with E-state index in [1.807, 2.05) is 0 Å². The molecular weight excluding hydrogens is 616 g/mol. The number of aromatic nitrogens is 3. The molecule has 2 aromatic carbocycles. The van der Waals surface area contributed by atoms with Crippen LogP contribution < -0.4 is 15.4 Å². The summed E-state index contributed by atoms with van der Waals surface area (Å²) in [5.41, 5.74) is 3.28. The Morgan fingerprint density at radius 3 is 2.50 bits per heavy atom. The molecular formula is C31H32N6O8S. The van der Waals surface area contributed by atoms with Gasteiger partial charge < -0.3 is 20.8 Å². The van der Waals surface area contributed by atoms with Gasteiger partial charge >= 0.3 is 11.9 Å². The molecule has 14 nitrogen and oxygen atoms in total. The first-order valence-electron chi connectivity index (χ1n) is 14.4. The lowest BCUT2D eigenvalue weighted by Gasteiger charge is -2.18. The summed E-state index contributed by atoms with van der Waals surface area (Å²) in [6.45, 7) is 4.84. The van der Waals surface area contributed by atoms with Gasteiger partial charge in [0.05, 0.1) is 22.7 Å². The highest BCUT2D eigenvalue weighted by atomic mass is 32.2. The lowest BCUT2D eigenvalue weighted by atomic mass is 9.98. The van der Waals surface area contributed by atoms with E-state index in [9.17, 15) is 37.8 Å². The number of aromatic carboxylic acids is 1. The van der Waals surface area contributed by atoms with E-state index < -0.39 is 45.7 Å². The Balaban J connectivity index is 1.32. The molecule has 5 N–H and O–H groups in total. The van der Waals surface area contributed by atoms with Crippen molar-refractivity contribution in [2.45, 2.75) is 57.1 Å². The molecule has 46 heavy (non-hydrogen) atoms. The first-order chi connectivity index (χ1) is 21.8. The summed E-state index contributed by atoms with van der Waals surface area (Å²) in [5, 5.41) is 28.7. The lowest BCUT2D eigenvalue weighted by molar-refractivity contribution is -0.140. The minimum Gasteiger partial charge on any atom is -0.480 e. The molecule has 0 unspecified atom stereocenters. The van der Waals surface area contributed by atoms with Crippen LogP contribution in [0.5, 0.6) is 0 Å². The van der Waals surface area contributed by atoms with Gasteiger partial charge in [-0.25, -0.2) is 22.7 Å². The number of rotatable bonds is 11. The van der Waals surface area contributed by atoms with Crippen LogP contribution in [-0.4, -0.2) is 63.0 Å². The largest absolute Gasteiger partial charge is 0.480 e. The summed E-state index contributed by atoms with van der Waals surface area (Å²) < 4.78 is 29.3. The molecule has 0 fully saturated rings. The number of nitrogens with zero attached hydrogens (tertiary/aromatic N) is 3. The number of carboxylic acid groups (broad SMARTS) is 2. The summed E-state index contributed by atoms with van der Waals surface area (Å²) in [6.07, 6.45) is 2.62. The Kier molecular flexibility index (Phi) is 8.90. The van der Waals surface area contributed by atoms with Gasteiger partial charge in [0.1, 0.15) is 17.4 Å². The summed E-state index contributed by atoms with van der Waals surface area (Å²) >= 11 is 0. The maximum absolute atomic E-state index is 13.5. The molecule has 0 spiro atoms. The highest BCUT2D eigenvalue weighted by molar-refractivity contribution is 7.89. The van der Waals surface area contributed by atoms with Crippen molar-refractivity contribution < 1.29 is 37.8 Å². The van der Waals surface area contributed by atoms with Crippen molar-refractivity contribution in [2.24, 2.45) is 5.92 Å². The fourth-order valence-electron chi connectivity index (χ4n) is 5.49. The van der Waals surface area contributed by atoms with Crippen LogP contribution in [-0.2, 0) is 27.8 Å². The van der Waals surface area contributed by atoms with Gasteiger partial charge in [-0.15, -0.1) is 0 Å². The molecule has 240 valence electrons. The monoisotopic (exact) mass is 648 g/mol. The van der Waals surface area contributed by atoms with Crippen LogP contribution in [0.4, 0.5) is 0 Å². The molecule has 1 aliphatic carbocycles. The number of nitrogens with one attached hydrogen (secondary N) is 3. The lowest BCUT2D eigenvalue weighted by Crippen LogP contribution is -2.44. The molecule has 0 saturated heterocycles. The molecule has 2 heterocycles. The van der Waals surface area contributed by atoms with E-state index >= 15 is 0 Å². The van der Waals surface area contributed by atoms with Crippen LogP contribution in [0.3, 0.4) is 0 Å². The predicted molar refractivity (Wildman–Crippen MR) is 164 cm³/mol. The fourth-order valence-corrected chi connectivity index (χ4v) is 6.90. The predicted octanol–water partition coefficient (Wildman–Crippen LogP) is 2.47. The van der Waals surface area contributed by atoms with E-state index in [2.05, 4.69) is 25.4 Å². The topological polar surface area (TPSA) is 209 Å². The fraction of sp³-hybridized carbons (Fsp3) is 0.290. The normalized spacial score (nSPS) is 15.0. The van der Waals surface area contributed by atoms with Gasteiger partial charge in [-0.1, -0.05) is 32.0 Å². The van der Waals surface area contributed by atoms with Crippen molar-refractivity contribution >= 4 is 39.4 Å². The Morgan fingerprint density at radius 2 is 1.80 bits per heavy atom. The third-order valence-corrected chi connectivity index (χ3v) is 9.37. The van der Waals surface area contributed by atoms with Crippen LogP contribution in [0.25, 0.3) is 5.65 Å². The first kappa shape index (κ1) is 32.2. The molecule has 2 atom stereocenters. The first-order valence-corrected chi connectivity index (χ1v) is 15.9. The summed E-state index contributed by atoms with van der Waals surface area (Å²) in [7, 11) is -4.17. The van der Waals surface area contributed by atoms with E-state index in [-0.39, 0.29) is 40.1 Å². The third-order valence-electron chi connectivity index (χ3n) is 7.93. The van der Waals surface area contributed by atoms with Crippen LogP contribution in [0.1, 0.15) is 79.9 Å². The average molecular weight is 649 g/mol. The summed E-state index contributed by atoms with van der Waals surface area (Å²) in [6, 6.07) is 10.1. The van der Waals surface area contributed by atoms with Crippen LogP contribution in [0, 0.1) is 12.8 Å². The maximum atomic E-state index is 13.5. The maximum Gasteiger partial charge on any atom is 0.335 e. The molecule has 4 aromatic rings. The van der Waals surface area contributed by atoms with Crippen molar-refractivity contribution in [3.63, 3.8) is 0 Å². The molecule has 5 rings (SSSR count). The minimum absolute atomic E-state index is 0.0600. The number of fused-ring (bicyclic) bond motifs is 2. The highest BCUT2D eigenvalue weighted by Crippen LogP contribution is 2.35. The molecule has 0 aliphatic heterocycles. The van der Waals surface area contributed by atoms with E-state index in [1.165, 1.54) is 47.1 Å². The zero-order valence-corrected chi connectivity index (χ0v) is 26.0. The van der Waals surface area contributed by atoms with E-state index in [0.29, 0.717) is 24.0 Å². The molecule has 0 bridgehead atoms. The van der Waals surface area contributed by atoms with Gasteiger partial charge in [0.25, 0.3) is 11.8 Å². The van der Waals surface area contributed by atoms with Crippen molar-refractivity contribution in [3.05, 3.63) is 93.9 Å². The Bertz CT molecular complexity index is 1990. The molecule has 15 heteroatoms. The number of aliphatic carboxylic acids is 1. The summed E-state index contributed by atoms with van der Waals surface area (Å²) in [5.74, 6) is -3.93. The number of carbonyl (C=O) groups is 4. The molecule has 1 aliphatic rings. The van der Waals surface area contributed by atoms with E-state index in [0.717, 1.165) is 11.1 Å². The number of hydrogen-bond acceptors (Lipinski definition) is 8. The smallest absolute Gasteiger partial charge is 0.335 e. The van der Waals surface area contributed by atoms with E-state index in [1.54, 1.807) is 32.9 Å². The second kappa shape index (κ2) is 12.7. The number of hydrogen-bond donors (Lipinski definition) is 5. The van der Waals surface area contributed by atoms with Gasteiger partial charge in [-0.3, -0.25) is 14.4 Å². The standard InChI is InChI=1S/C31H32N6O8S/c1-16(2)27(31(42)43)36-46(44,45)19-6-4-5-18(13-19)15-32-28(38)24-14-25(37-26(34-24)11-12-33-37)29(39)35-23-10-9-20-17(3)21(30(40)41)7-8-22(20)23/h4-8,11-14,16,23,27,36H,9-10,15H2,1-3H3,(H,32,38)(H,35,39)(H,40,41)(H,42,43)/t23-,27+/m0/s1. The minimum atomic E-state index is -4.17. The number of amides is 2. The van der Waals surface area contributed by atoms with Crippen molar-refractivity contribution in [2.75, 3.05) is 0 Å². The number of benzene rings is 2. The van der Waals surface area contributed by atoms with E-state index in [4.69, 9.17) is 0 Å². The second-order valence-corrected chi connectivity index (χ2v) is 13.0. The zero-order chi connectivity index (χ0) is 33.3. The third kappa shape index (κ3) is 6.46. The van der Waals surface area contributed by atoms with Crippen LogP contribution >= 0.6 is 0 Å². The van der Waals surface area contributed by atoms with Crippen molar-refractivity contribution in [1.29, 1.82) is 0 Å². The molecule has 0 saturated carbocycles. The zero-order valence-electron chi connectivity index (χ0n) is 25.1. The van der Waals surface area contributed by atoms with Crippen LogP contribution in [0.15, 0.2) is 59.6 Å². The van der Waals surface area contributed by atoms with Gasteiger partial charge in [0, 0.05) is 18.7 Å².